The summed E-state index contributed by atoms with van der Waals surface area (Å²) in [6, 6.07) is 10.7. The Morgan fingerprint density at radius 2 is 1.75 bits per heavy atom. The van der Waals surface area contributed by atoms with Gasteiger partial charge in [0, 0.05) is 0 Å². The summed E-state index contributed by atoms with van der Waals surface area (Å²) in [4.78, 5) is 0. The summed E-state index contributed by atoms with van der Waals surface area (Å²) in [7, 11) is 0. The molecule has 0 saturated carbocycles. The highest BCUT2D eigenvalue weighted by atomic mass is 19.1. The molecule has 0 heterocycles. The standard InChI is InChI=1S/C17H19FO2/c1-11-6-12(2)8-14(7-11)10-20-17-5-4-15(13(3)19)9-16(17)18/h4-9,13,19H,10H2,1-3H3. The summed E-state index contributed by atoms with van der Waals surface area (Å²) in [6.07, 6.45) is -0.682. The van der Waals surface area contributed by atoms with E-state index >= 15 is 0 Å². The maximum absolute atomic E-state index is 13.8. The van der Waals surface area contributed by atoms with E-state index in [0.29, 0.717) is 12.2 Å². The first-order valence-electron chi connectivity index (χ1n) is 6.63. The van der Waals surface area contributed by atoms with E-state index in [2.05, 4.69) is 6.07 Å². The van der Waals surface area contributed by atoms with Crippen molar-refractivity contribution in [2.24, 2.45) is 0 Å². The lowest BCUT2D eigenvalue weighted by atomic mass is 10.1. The molecule has 2 nitrogen and oxygen atoms in total. The van der Waals surface area contributed by atoms with Gasteiger partial charge in [-0.3, -0.25) is 0 Å². The van der Waals surface area contributed by atoms with Gasteiger partial charge in [0.15, 0.2) is 11.6 Å². The Bertz CT molecular complexity index is 586. The van der Waals surface area contributed by atoms with Crippen molar-refractivity contribution in [3.05, 3.63) is 64.5 Å². The third-order valence-corrected chi connectivity index (χ3v) is 3.11. The lowest BCUT2D eigenvalue weighted by Gasteiger charge is -2.11. The number of aliphatic hydroxyl groups is 1. The van der Waals surface area contributed by atoms with Crippen molar-refractivity contribution in [1.82, 2.24) is 0 Å². The Balaban J connectivity index is 2.11. The normalized spacial score (nSPS) is 12.2. The van der Waals surface area contributed by atoms with Crippen molar-refractivity contribution in [2.45, 2.75) is 33.5 Å². The molecular formula is C17H19FO2. The lowest BCUT2D eigenvalue weighted by molar-refractivity contribution is 0.198. The molecule has 1 unspecified atom stereocenters. The van der Waals surface area contributed by atoms with Gasteiger partial charge in [0.05, 0.1) is 6.10 Å². The molecule has 0 bridgehead atoms. The van der Waals surface area contributed by atoms with E-state index in [1.807, 2.05) is 26.0 Å². The fraction of sp³-hybridized carbons (Fsp3) is 0.294. The first kappa shape index (κ1) is 14.5. The first-order valence-corrected chi connectivity index (χ1v) is 6.63. The third kappa shape index (κ3) is 3.58. The van der Waals surface area contributed by atoms with Gasteiger partial charge < -0.3 is 9.84 Å². The summed E-state index contributed by atoms with van der Waals surface area (Å²) in [5.74, 6) is -0.249. The number of benzene rings is 2. The Hall–Kier alpha value is -1.87. The van der Waals surface area contributed by atoms with Crippen molar-refractivity contribution >= 4 is 0 Å². The minimum Gasteiger partial charge on any atom is -0.486 e. The second kappa shape index (κ2) is 6.06. The van der Waals surface area contributed by atoms with E-state index < -0.39 is 11.9 Å². The van der Waals surface area contributed by atoms with Crippen molar-refractivity contribution in [3.8, 4) is 5.75 Å². The Labute approximate surface area is 118 Å². The van der Waals surface area contributed by atoms with Crippen molar-refractivity contribution in [1.29, 1.82) is 0 Å². The fourth-order valence-electron chi connectivity index (χ4n) is 2.21. The molecule has 0 aliphatic rings. The summed E-state index contributed by atoms with van der Waals surface area (Å²) < 4.78 is 19.3. The molecule has 0 saturated heterocycles. The molecule has 0 spiro atoms. The Morgan fingerprint density at radius 1 is 1.10 bits per heavy atom. The van der Waals surface area contributed by atoms with E-state index in [1.54, 1.807) is 19.1 Å². The number of rotatable bonds is 4. The van der Waals surface area contributed by atoms with Crippen LogP contribution in [0.5, 0.6) is 5.75 Å². The second-order valence-corrected chi connectivity index (χ2v) is 5.15. The van der Waals surface area contributed by atoms with Crippen LogP contribution in [0.3, 0.4) is 0 Å². The predicted octanol–water partition coefficient (Wildman–Crippen LogP) is 4.07. The van der Waals surface area contributed by atoms with Crippen LogP contribution in [-0.2, 0) is 6.61 Å². The molecule has 0 radical (unpaired) electrons. The van der Waals surface area contributed by atoms with E-state index in [4.69, 9.17) is 4.74 Å². The molecule has 2 aromatic rings. The van der Waals surface area contributed by atoms with Crippen LogP contribution in [0.15, 0.2) is 36.4 Å². The number of aryl methyl sites for hydroxylation is 2. The second-order valence-electron chi connectivity index (χ2n) is 5.15. The number of halogens is 1. The van der Waals surface area contributed by atoms with Gasteiger partial charge in [-0.05, 0) is 44.0 Å². The lowest BCUT2D eigenvalue weighted by Crippen LogP contribution is -2.00. The molecule has 0 aromatic heterocycles. The van der Waals surface area contributed by atoms with Crippen LogP contribution in [-0.4, -0.2) is 5.11 Å². The average molecular weight is 274 g/mol. The topological polar surface area (TPSA) is 29.5 Å². The van der Waals surface area contributed by atoms with Crippen LogP contribution in [0, 0.1) is 19.7 Å². The van der Waals surface area contributed by atoms with Gasteiger partial charge in [-0.25, -0.2) is 4.39 Å². The molecule has 20 heavy (non-hydrogen) atoms. The maximum atomic E-state index is 13.8. The zero-order valence-electron chi connectivity index (χ0n) is 12.0. The molecule has 0 aliphatic heterocycles. The first-order chi connectivity index (χ1) is 9.45. The van der Waals surface area contributed by atoms with E-state index in [9.17, 15) is 9.50 Å². The summed E-state index contributed by atoms with van der Waals surface area (Å²) in [5, 5.41) is 9.40. The largest absolute Gasteiger partial charge is 0.486 e. The van der Waals surface area contributed by atoms with Gasteiger partial charge in [-0.1, -0.05) is 35.4 Å². The van der Waals surface area contributed by atoms with Crippen LogP contribution in [0.4, 0.5) is 4.39 Å². The third-order valence-electron chi connectivity index (χ3n) is 3.11. The van der Waals surface area contributed by atoms with Crippen molar-refractivity contribution in [2.75, 3.05) is 0 Å². The highest BCUT2D eigenvalue weighted by Gasteiger charge is 2.08. The van der Waals surface area contributed by atoms with E-state index in [-0.39, 0.29) is 5.75 Å². The fourth-order valence-corrected chi connectivity index (χ4v) is 2.21. The van der Waals surface area contributed by atoms with Gasteiger partial charge >= 0.3 is 0 Å². The Kier molecular flexibility index (Phi) is 4.40. The summed E-state index contributed by atoms with van der Waals surface area (Å²) >= 11 is 0. The van der Waals surface area contributed by atoms with Gasteiger partial charge in [0.1, 0.15) is 6.61 Å². The van der Waals surface area contributed by atoms with Crippen LogP contribution in [0.25, 0.3) is 0 Å². The molecule has 0 amide bonds. The molecule has 0 aliphatic carbocycles. The zero-order valence-corrected chi connectivity index (χ0v) is 12.0. The number of aliphatic hydroxyl groups excluding tert-OH is 1. The van der Waals surface area contributed by atoms with Gasteiger partial charge in [-0.2, -0.15) is 0 Å². The minimum atomic E-state index is -0.682. The molecule has 3 heteroatoms. The van der Waals surface area contributed by atoms with Crippen LogP contribution >= 0.6 is 0 Å². The predicted molar refractivity (Wildman–Crippen MR) is 77.3 cm³/mol. The van der Waals surface area contributed by atoms with Gasteiger partial charge in [-0.15, -0.1) is 0 Å². The highest BCUT2D eigenvalue weighted by molar-refractivity contribution is 5.32. The quantitative estimate of drug-likeness (QED) is 0.910. The number of hydrogen-bond donors (Lipinski definition) is 1. The number of ether oxygens (including phenoxy) is 1. The summed E-state index contributed by atoms with van der Waals surface area (Å²) in [5.41, 5.74) is 3.88. The minimum absolute atomic E-state index is 0.202. The van der Waals surface area contributed by atoms with E-state index in [0.717, 1.165) is 16.7 Å². The maximum Gasteiger partial charge on any atom is 0.165 e. The molecule has 1 atom stereocenters. The molecule has 1 N–H and O–H groups in total. The van der Waals surface area contributed by atoms with Crippen LogP contribution < -0.4 is 4.74 Å². The van der Waals surface area contributed by atoms with E-state index in [1.165, 1.54) is 6.07 Å². The van der Waals surface area contributed by atoms with Gasteiger partial charge in [0.2, 0.25) is 0 Å². The smallest absolute Gasteiger partial charge is 0.165 e. The highest BCUT2D eigenvalue weighted by Crippen LogP contribution is 2.23. The van der Waals surface area contributed by atoms with Crippen molar-refractivity contribution < 1.29 is 14.2 Å². The SMILES string of the molecule is Cc1cc(C)cc(COc2ccc(C(C)O)cc2F)c1. The van der Waals surface area contributed by atoms with Gasteiger partial charge in [0.25, 0.3) is 0 Å². The molecule has 106 valence electrons. The van der Waals surface area contributed by atoms with Crippen LogP contribution in [0.2, 0.25) is 0 Å². The van der Waals surface area contributed by atoms with Crippen LogP contribution in [0.1, 0.15) is 35.3 Å². The molecule has 0 fully saturated rings. The zero-order chi connectivity index (χ0) is 14.7. The molecule has 2 aromatic carbocycles. The van der Waals surface area contributed by atoms with Crippen molar-refractivity contribution in [3.63, 3.8) is 0 Å². The average Bonchev–Trinajstić information content (AvgIpc) is 2.36. The monoisotopic (exact) mass is 274 g/mol. The number of hydrogen-bond acceptors (Lipinski definition) is 2. The summed E-state index contributed by atoms with van der Waals surface area (Å²) in [6.45, 7) is 5.97. The molecule has 2 rings (SSSR count). The Morgan fingerprint density at radius 3 is 2.30 bits per heavy atom. The molecular weight excluding hydrogens is 255 g/mol.